The maximum atomic E-state index is 11.0. The highest BCUT2D eigenvalue weighted by Crippen LogP contribution is 2.23. The molecule has 0 saturated carbocycles. The second kappa shape index (κ2) is 3.44. The predicted octanol–water partition coefficient (Wildman–Crippen LogP) is 0.718. The average molecular weight is 225 g/mol. The van der Waals surface area contributed by atoms with Crippen molar-refractivity contribution in [1.82, 2.24) is 15.2 Å². The van der Waals surface area contributed by atoms with Crippen molar-refractivity contribution in [2.75, 3.05) is 0 Å². The minimum absolute atomic E-state index is 0.193. The summed E-state index contributed by atoms with van der Waals surface area (Å²) in [5.74, 6) is 0.295. The van der Waals surface area contributed by atoms with Crippen LogP contribution in [0.15, 0.2) is 35.5 Å². The fraction of sp³-hybridized carbons (Fsp3) is 0. The molecule has 6 nitrogen and oxygen atoms in total. The van der Waals surface area contributed by atoms with E-state index >= 15 is 0 Å². The first-order valence-electron chi connectivity index (χ1n) is 4.01. The van der Waals surface area contributed by atoms with Crippen molar-refractivity contribution in [2.45, 2.75) is 4.90 Å². The Balaban J connectivity index is 2.68. The lowest BCUT2D eigenvalue weighted by atomic mass is 10.2. The number of nitrogens with zero attached hydrogens (tertiary/aromatic N) is 2. The number of hydrogen-bond donors (Lipinski definition) is 2. The van der Waals surface area contributed by atoms with Gasteiger partial charge >= 0.3 is 0 Å². The van der Waals surface area contributed by atoms with E-state index in [1.807, 2.05) is 0 Å². The van der Waals surface area contributed by atoms with Gasteiger partial charge in [0.15, 0.2) is 5.82 Å². The zero-order valence-corrected chi connectivity index (χ0v) is 8.27. The topological polar surface area (TPSA) is 95.9 Å². The Kier molecular flexibility index (Phi) is 2.25. The van der Waals surface area contributed by atoms with Gasteiger partial charge in [-0.05, 0) is 12.1 Å². The molecule has 78 valence electrons. The van der Waals surface area contributed by atoms with Crippen LogP contribution in [0.1, 0.15) is 0 Å². The molecule has 2 aromatic rings. The Morgan fingerprint density at radius 3 is 2.60 bits per heavy atom. The Morgan fingerprint density at radius 1 is 1.27 bits per heavy atom. The summed E-state index contributed by atoms with van der Waals surface area (Å²) in [6, 6.07) is 5.99. The van der Waals surface area contributed by atoms with Crippen LogP contribution in [0.3, 0.4) is 0 Å². The van der Waals surface area contributed by atoms with Crippen molar-refractivity contribution >= 4 is 10.1 Å². The van der Waals surface area contributed by atoms with Crippen LogP contribution in [0, 0.1) is 0 Å². The first-order valence-corrected chi connectivity index (χ1v) is 5.45. The van der Waals surface area contributed by atoms with E-state index in [9.17, 15) is 8.42 Å². The Labute approximate surface area is 85.7 Å². The number of aromatic nitrogens is 3. The number of nitrogens with one attached hydrogen (secondary N) is 1. The standard InChI is InChI=1S/C8H7N3O3S/c12-15(13,14)7-4-2-1-3-6(7)8-9-5-10-11-8/h1-5H,(H,9,10,11)(H,12,13,14). The largest absolute Gasteiger partial charge is 0.295 e. The summed E-state index contributed by atoms with van der Waals surface area (Å²) in [5.41, 5.74) is 0.289. The fourth-order valence-corrected chi connectivity index (χ4v) is 1.92. The number of rotatable bonds is 2. The molecule has 0 spiro atoms. The minimum Gasteiger partial charge on any atom is -0.282 e. The van der Waals surface area contributed by atoms with E-state index in [4.69, 9.17) is 4.55 Å². The van der Waals surface area contributed by atoms with Crippen molar-refractivity contribution in [2.24, 2.45) is 0 Å². The summed E-state index contributed by atoms with van der Waals surface area (Å²) in [7, 11) is -4.25. The molecule has 1 aromatic heterocycles. The molecule has 0 bridgehead atoms. The highest BCUT2D eigenvalue weighted by Gasteiger charge is 2.16. The highest BCUT2D eigenvalue weighted by molar-refractivity contribution is 7.86. The second-order valence-electron chi connectivity index (χ2n) is 2.81. The van der Waals surface area contributed by atoms with Crippen LogP contribution in [-0.2, 0) is 10.1 Å². The smallest absolute Gasteiger partial charge is 0.282 e. The molecule has 7 heteroatoms. The van der Waals surface area contributed by atoms with Crippen LogP contribution in [-0.4, -0.2) is 28.2 Å². The van der Waals surface area contributed by atoms with Gasteiger partial charge in [-0.25, -0.2) is 4.98 Å². The summed E-state index contributed by atoms with van der Waals surface area (Å²) in [6.07, 6.45) is 1.26. The first-order chi connectivity index (χ1) is 7.09. The van der Waals surface area contributed by atoms with Crippen LogP contribution in [0.2, 0.25) is 0 Å². The number of benzene rings is 1. The van der Waals surface area contributed by atoms with Gasteiger partial charge in [-0.2, -0.15) is 13.5 Å². The Morgan fingerprint density at radius 2 is 2.00 bits per heavy atom. The lowest BCUT2D eigenvalue weighted by Gasteiger charge is -2.02. The van der Waals surface area contributed by atoms with Gasteiger partial charge in [0.1, 0.15) is 11.2 Å². The summed E-state index contributed by atoms with van der Waals surface area (Å²) >= 11 is 0. The van der Waals surface area contributed by atoms with Crippen molar-refractivity contribution in [1.29, 1.82) is 0 Å². The van der Waals surface area contributed by atoms with E-state index in [0.717, 1.165) is 0 Å². The molecule has 0 aliphatic rings. The number of hydrogen-bond acceptors (Lipinski definition) is 4. The van der Waals surface area contributed by atoms with E-state index in [0.29, 0.717) is 5.82 Å². The normalized spacial score (nSPS) is 11.5. The Hall–Kier alpha value is -1.73. The third kappa shape index (κ3) is 1.88. The molecular formula is C8H7N3O3S. The van der Waals surface area contributed by atoms with Gasteiger partial charge in [0.05, 0.1) is 0 Å². The molecule has 0 saturated heterocycles. The summed E-state index contributed by atoms with van der Waals surface area (Å²) in [6.45, 7) is 0. The third-order valence-corrected chi connectivity index (χ3v) is 2.75. The monoisotopic (exact) mass is 225 g/mol. The van der Waals surface area contributed by atoms with Gasteiger partial charge in [-0.15, -0.1) is 0 Å². The van der Waals surface area contributed by atoms with Crippen molar-refractivity contribution in [3.05, 3.63) is 30.6 Å². The molecule has 0 unspecified atom stereocenters. The average Bonchev–Trinajstić information content (AvgIpc) is 2.69. The number of aromatic amines is 1. The van der Waals surface area contributed by atoms with Crippen LogP contribution >= 0.6 is 0 Å². The SMILES string of the molecule is O=S(=O)(O)c1ccccc1-c1ncn[nH]1. The molecule has 2 rings (SSSR count). The molecule has 0 aliphatic heterocycles. The zero-order chi connectivity index (χ0) is 10.9. The second-order valence-corrected chi connectivity index (χ2v) is 4.20. The molecule has 1 aromatic carbocycles. The van der Waals surface area contributed by atoms with E-state index in [1.165, 1.54) is 24.5 Å². The highest BCUT2D eigenvalue weighted by atomic mass is 32.2. The fourth-order valence-electron chi connectivity index (χ4n) is 1.22. The van der Waals surface area contributed by atoms with Gasteiger partial charge in [0, 0.05) is 5.56 Å². The molecule has 2 N–H and O–H groups in total. The van der Waals surface area contributed by atoms with Gasteiger partial charge in [0.25, 0.3) is 10.1 Å². The lowest BCUT2D eigenvalue weighted by Crippen LogP contribution is -2.01. The third-order valence-electron chi connectivity index (χ3n) is 1.84. The van der Waals surface area contributed by atoms with Crippen molar-refractivity contribution in [3.8, 4) is 11.4 Å². The van der Waals surface area contributed by atoms with Gasteiger partial charge in [-0.3, -0.25) is 9.65 Å². The van der Waals surface area contributed by atoms with E-state index < -0.39 is 10.1 Å². The maximum Gasteiger partial charge on any atom is 0.295 e. The molecular weight excluding hydrogens is 218 g/mol. The van der Waals surface area contributed by atoms with Gasteiger partial charge in [0.2, 0.25) is 0 Å². The molecule has 15 heavy (non-hydrogen) atoms. The van der Waals surface area contributed by atoms with Gasteiger partial charge < -0.3 is 0 Å². The van der Waals surface area contributed by atoms with E-state index in [-0.39, 0.29) is 10.5 Å². The quantitative estimate of drug-likeness (QED) is 0.734. The van der Waals surface area contributed by atoms with E-state index in [1.54, 1.807) is 6.07 Å². The summed E-state index contributed by atoms with van der Waals surface area (Å²) in [4.78, 5) is 3.63. The summed E-state index contributed by atoms with van der Waals surface area (Å²) in [5, 5.41) is 6.14. The molecule has 0 radical (unpaired) electrons. The lowest BCUT2D eigenvalue weighted by molar-refractivity contribution is 0.483. The molecule has 1 heterocycles. The van der Waals surface area contributed by atoms with Gasteiger partial charge in [-0.1, -0.05) is 12.1 Å². The van der Waals surface area contributed by atoms with Crippen LogP contribution in [0.5, 0.6) is 0 Å². The van der Waals surface area contributed by atoms with Crippen molar-refractivity contribution in [3.63, 3.8) is 0 Å². The molecule has 0 atom stereocenters. The van der Waals surface area contributed by atoms with E-state index in [2.05, 4.69) is 15.2 Å². The Bertz CT molecular complexity index is 563. The first kappa shape index (κ1) is 9.81. The van der Waals surface area contributed by atoms with Crippen LogP contribution in [0.4, 0.5) is 0 Å². The van der Waals surface area contributed by atoms with Crippen LogP contribution in [0.25, 0.3) is 11.4 Å². The molecule has 0 fully saturated rings. The molecule has 0 aliphatic carbocycles. The molecule has 0 amide bonds. The minimum atomic E-state index is -4.25. The zero-order valence-electron chi connectivity index (χ0n) is 7.45. The maximum absolute atomic E-state index is 11.0. The number of H-pyrrole nitrogens is 1. The van der Waals surface area contributed by atoms with Crippen LogP contribution < -0.4 is 0 Å². The van der Waals surface area contributed by atoms with Crippen molar-refractivity contribution < 1.29 is 13.0 Å². The summed E-state index contributed by atoms with van der Waals surface area (Å²) < 4.78 is 31.1. The predicted molar refractivity (Wildman–Crippen MR) is 51.6 cm³/mol.